The molecule has 0 saturated carbocycles. The first-order chi connectivity index (χ1) is 17.1. The van der Waals surface area contributed by atoms with Crippen LogP contribution in [0.4, 0.5) is 5.69 Å². The highest BCUT2D eigenvalue weighted by atomic mass is 32.1. The third kappa shape index (κ3) is 3.91. The van der Waals surface area contributed by atoms with Crippen molar-refractivity contribution in [2.75, 3.05) is 5.32 Å². The van der Waals surface area contributed by atoms with Gasteiger partial charge in [-0.25, -0.2) is 9.97 Å². The normalized spacial score (nSPS) is 13.5. The summed E-state index contributed by atoms with van der Waals surface area (Å²) in [6.07, 6.45) is 6.10. The average Bonchev–Trinajstić information content (AvgIpc) is 3.56. The summed E-state index contributed by atoms with van der Waals surface area (Å²) in [5, 5.41) is 12.8. The molecule has 0 aliphatic carbocycles. The second-order valence-corrected chi connectivity index (χ2v) is 9.78. The Balaban J connectivity index is 1.25. The number of thiophene rings is 1. The predicted octanol–water partition coefficient (Wildman–Crippen LogP) is 5.81. The van der Waals surface area contributed by atoms with E-state index in [1.54, 1.807) is 12.3 Å². The SMILES string of the molecule is Cc1nc(-c2ccco2)nc2sc(C(=O)Nc3ccc(-c4nnc5n4CCCCC5)cc3)c(C)c12. The van der Waals surface area contributed by atoms with Crippen LogP contribution in [0.15, 0.2) is 47.1 Å². The maximum atomic E-state index is 13.2. The smallest absolute Gasteiger partial charge is 0.266 e. The molecule has 0 atom stereocenters. The number of furan rings is 1. The third-order valence-corrected chi connectivity index (χ3v) is 7.61. The van der Waals surface area contributed by atoms with Crippen LogP contribution >= 0.6 is 11.3 Å². The van der Waals surface area contributed by atoms with Gasteiger partial charge in [-0.2, -0.15) is 0 Å². The Labute approximate surface area is 206 Å². The van der Waals surface area contributed by atoms with Gasteiger partial charge in [0.2, 0.25) is 0 Å². The molecule has 0 radical (unpaired) electrons. The van der Waals surface area contributed by atoms with Crippen LogP contribution in [0.25, 0.3) is 33.2 Å². The lowest BCUT2D eigenvalue weighted by Gasteiger charge is -2.08. The molecule has 0 saturated heterocycles. The number of hydrogen-bond acceptors (Lipinski definition) is 7. The van der Waals surface area contributed by atoms with Gasteiger partial charge in [0.1, 0.15) is 10.7 Å². The number of aryl methyl sites for hydroxylation is 3. The number of benzene rings is 1. The number of aromatic nitrogens is 5. The van der Waals surface area contributed by atoms with Gasteiger partial charge in [-0.15, -0.1) is 21.5 Å². The van der Waals surface area contributed by atoms with Crippen molar-refractivity contribution in [3.63, 3.8) is 0 Å². The first-order valence-corrected chi connectivity index (χ1v) is 12.6. The third-order valence-electron chi connectivity index (χ3n) is 6.43. The van der Waals surface area contributed by atoms with Crippen molar-refractivity contribution >= 4 is 33.1 Å². The van der Waals surface area contributed by atoms with Crippen LogP contribution in [-0.4, -0.2) is 30.6 Å². The molecule has 6 rings (SSSR count). The van der Waals surface area contributed by atoms with E-state index in [9.17, 15) is 4.79 Å². The van der Waals surface area contributed by atoms with E-state index in [2.05, 4.69) is 30.0 Å². The van der Waals surface area contributed by atoms with Gasteiger partial charge in [0, 0.05) is 29.6 Å². The lowest BCUT2D eigenvalue weighted by molar-refractivity contribution is 0.103. The van der Waals surface area contributed by atoms with Gasteiger partial charge in [-0.3, -0.25) is 4.79 Å². The summed E-state index contributed by atoms with van der Waals surface area (Å²) >= 11 is 1.37. The zero-order valence-corrected chi connectivity index (χ0v) is 20.4. The molecule has 0 spiro atoms. The van der Waals surface area contributed by atoms with E-state index in [4.69, 9.17) is 4.42 Å². The number of amides is 1. The summed E-state index contributed by atoms with van der Waals surface area (Å²) in [6.45, 7) is 4.82. The number of nitrogens with zero attached hydrogens (tertiary/aromatic N) is 5. The molecule has 0 unspecified atom stereocenters. The Morgan fingerprint density at radius 3 is 2.71 bits per heavy atom. The van der Waals surface area contributed by atoms with Crippen molar-refractivity contribution in [1.82, 2.24) is 24.7 Å². The number of rotatable bonds is 4. The van der Waals surface area contributed by atoms with E-state index >= 15 is 0 Å². The molecule has 1 N–H and O–H groups in total. The summed E-state index contributed by atoms with van der Waals surface area (Å²) in [5.74, 6) is 2.92. The van der Waals surface area contributed by atoms with E-state index in [0.717, 1.165) is 70.2 Å². The van der Waals surface area contributed by atoms with E-state index < -0.39 is 0 Å². The number of carbonyl (C=O) groups is 1. The summed E-state index contributed by atoms with van der Waals surface area (Å²) in [7, 11) is 0. The summed E-state index contributed by atoms with van der Waals surface area (Å²) in [4.78, 5) is 23.8. The molecule has 1 amide bonds. The maximum Gasteiger partial charge on any atom is 0.266 e. The maximum absolute atomic E-state index is 13.2. The molecule has 35 heavy (non-hydrogen) atoms. The molecule has 8 nitrogen and oxygen atoms in total. The Morgan fingerprint density at radius 1 is 1.06 bits per heavy atom. The first kappa shape index (κ1) is 21.7. The largest absolute Gasteiger partial charge is 0.461 e. The summed E-state index contributed by atoms with van der Waals surface area (Å²) in [5.41, 5.74) is 3.43. The van der Waals surface area contributed by atoms with Crippen LogP contribution in [0, 0.1) is 13.8 Å². The second kappa shape index (κ2) is 8.74. The standard InChI is InChI=1S/C26H24N6O2S/c1-15-21-16(2)27-23(19-7-6-14-34-19)29-26(21)35-22(15)25(33)28-18-11-9-17(10-12-18)24-31-30-20-8-4-3-5-13-32(20)24/h6-7,9-12,14H,3-5,8,13H2,1-2H3,(H,28,33). The highest BCUT2D eigenvalue weighted by Gasteiger charge is 2.21. The van der Waals surface area contributed by atoms with Crippen LogP contribution in [0.3, 0.4) is 0 Å². The van der Waals surface area contributed by atoms with Crippen molar-refractivity contribution < 1.29 is 9.21 Å². The molecule has 0 bridgehead atoms. The van der Waals surface area contributed by atoms with Gasteiger partial charge in [-0.1, -0.05) is 6.42 Å². The lowest BCUT2D eigenvalue weighted by atomic mass is 10.1. The lowest BCUT2D eigenvalue weighted by Crippen LogP contribution is -2.11. The van der Waals surface area contributed by atoms with Crippen LogP contribution < -0.4 is 5.32 Å². The van der Waals surface area contributed by atoms with E-state index in [0.29, 0.717) is 16.5 Å². The van der Waals surface area contributed by atoms with Crippen molar-refractivity contribution in [1.29, 1.82) is 0 Å². The topological polar surface area (TPSA) is 98.7 Å². The minimum atomic E-state index is -0.159. The van der Waals surface area contributed by atoms with Crippen molar-refractivity contribution in [2.45, 2.75) is 46.1 Å². The molecule has 5 heterocycles. The van der Waals surface area contributed by atoms with Gasteiger partial charge >= 0.3 is 0 Å². The Bertz CT molecular complexity index is 1530. The minimum absolute atomic E-state index is 0.159. The highest BCUT2D eigenvalue weighted by molar-refractivity contribution is 7.20. The van der Waals surface area contributed by atoms with E-state index in [-0.39, 0.29) is 5.91 Å². The molecule has 5 aromatic rings. The van der Waals surface area contributed by atoms with Crippen molar-refractivity contribution in [3.05, 3.63) is 64.6 Å². The molecular weight excluding hydrogens is 460 g/mol. The molecule has 0 fully saturated rings. The molecule has 176 valence electrons. The van der Waals surface area contributed by atoms with Gasteiger partial charge < -0.3 is 14.3 Å². The molecule has 1 aliphatic rings. The highest BCUT2D eigenvalue weighted by Crippen LogP contribution is 2.33. The zero-order chi connectivity index (χ0) is 23.9. The second-order valence-electron chi connectivity index (χ2n) is 8.78. The zero-order valence-electron chi connectivity index (χ0n) is 19.5. The number of fused-ring (bicyclic) bond motifs is 2. The van der Waals surface area contributed by atoms with Crippen LogP contribution in [0.1, 0.15) is 46.0 Å². The summed E-state index contributed by atoms with van der Waals surface area (Å²) in [6, 6.07) is 11.4. The molecular formula is C26H24N6O2S. The van der Waals surface area contributed by atoms with Gasteiger partial charge in [-0.05, 0) is 68.7 Å². The molecule has 1 aliphatic heterocycles. The van der Waals surface area contributed by atoms with Crippen LogP contribution in [0.2, 0.25) is 0 Å². The molecule has 4 aromatic heterocycles. The molecule has 9 heteroatoms. The number of nitrogens with one attached hydrogen (secondary N) is 1. The summed E-state index contributed by atoms with van der Waals surface area (Å²) < 4.78 is 7.67. The monoisotopic (exact) mass is 484 g/mol. The van der Waals surface area contributed by atoms with Gasteiger partial charge in [0.05, 0.1) is 16.8 Å². The fourth-order valence-electron chi connectivity index (χ4n) is 4.66. The minimum Gasteiger partial charge on any atom is -0.461 e. The van der Waals surface area contributed by atoms with Crippen molar-refractivity contribution in [3.8, 4) is 23.0 Å². The average molecular weight is 485 g/mol. The number of carbonyl (C=O) groups excluding carboxylic acids is 1. The van der Waals surface area contributed by atoms with E-state index in [1.807, 2.05) is 44.2 Å². The van der Waals surface area contributed by atoms with Crippen LogP contribution in [-0.2, 0) is 13.0 Å². The Hall–Kier alpha value is -3.85. The van der Waals surface area contributed by atoms with E-state index in [1.165, 1.54) is 17.8 Å². The number of hydrogen-bond donors (Lipinski definition) is 1. The predicted molar refractivity (Wildman–Crippen MR) is 136 cm³/mol. The Kier molecular flexibility index (Phi) is 5.41. The van der Waals surface area contributed by atoms with Gasteiger partial charge in [0.25, 0.3) is 5.91 Å². The quantitative estimate of drug-likeness (QED) is 0.346. The van der Waals surface area contributed by atoms with Crippen molar-refractivity contribution in [2.24, 2.45) is 0 Å². The fourth-order valence-corrected chi connectivity index (χ4v) is 5.79. The Morgan fingerprint density at radius 2 is 1.91 bits per heavy atom. The number of anilines is 1. The molecule has 1 aromatic carbocycles. The fraction of sp³-hybridized carbons (Fsp3) is 0.269. The first-order valence-electron chi connectivity index (χ1n) is 11.7. The van der Waals surface area contributed by atoms with Gasteiger partial charge in [0.15, 0.2) is 17.4 Å². The van der Waals surface area contributed by atoms with Crippen LogP contribution in [0.5, 0.6) is 0 Å².